The van der Waals surface area contributed by atoms with E-state index in [1.54, 1.807) is 24.3 Å². The number of sulfonamides is 1. The zero-order chi connectivity index (χ0) is 22.6. The fraction of sp³-hybridized carbons (Fsp3) is 0.450. The molecule has 1 amide bonds. The summed E-state index contributed by atoms with van der Waals surface area (Å²) in [5, 5.41) is 2.78. The Labute approximate surface area is 183 Å². The molecule has 170 valence electrons. The molecule has 1 aliphatic rings. The van der Waals surface area contributed by atoms with Crippen molar-refractivity contribution in [2.45, 2.75) is 36.7 Å². The number of piperidine rings is 1. The highest BCUT2D eigenvalue weighted by Crippen LogP contribution is 2.28. The number of rotatable bonds is 7. The second-order valence-electron chi connectivity index (χ2n) is 7.33. The quantitative estimate of drug-likeness (QED) is 0.661. The molecule has 1 saturated heterocycles. The number of hydrogen-bond donors (Lipinski definition) is 1. The molecule has 31 heavy (non-hydrogen) atoms. The van der Waals surface area contributed by atoms with Gasteiger partial charge in [0.25, 0.3) is 10.0 Å². The molecule has 2 aromatic rings. The molecule has 1 N–H and O–H groups in total. The first kappa shape index (κ1) is 23.6. The number of carbonyl (C=O) groups is 1. The van der Waals surface area contributed by atoms with Crippen LogP contribution in [0.3, 0.4) is 0 Å². The van der Waals surface area contributed by atoms with Crippen molar-refractivity contribution in [3.05, 3.63) is 46.8 Å². The fourth-order valence-corrected chi connectivity index (χ4v) is 6.22. The Morgan fingerprint density at radius 3 is 2.55 bits per heavy atom. The van der Waals surface area contributed by atoms with Crippen molar-refractivity contribution in [3.63, 3.8) is 0 Å². The molecule has 11 heteroatoms. The van der Waals surface area contributed by atoms with Crippen molar-refractivity contribution in [1.82, 2.24) is 9.62 Å². The monoisotopic (exact) mass is 476 g/mol. The molecule has 1 fully saturated rings. The molecule has 3 rings (SSSR count). The number of hydrogen-bond acceptors (Lipinski definition) is 5. The average Bonchev–Trinajstić information content (AvgIpc) is 3.18. The van der Waals surface area contributed by atoms with E-state index in [9.17, 15) is 26.4 Å². The highest BCUT2D eigenvalue weighted by atomic mass is 32.2. The molecule has 0 aliphatic carbocycles. The van der Waals surface area contributed by atoms with Gasteiger partial charge in [0.2, 0.25) is 5.91 Å². The third-order valence-corrected chi connectivity index (χ3v) is 8.19. The van der Waals surface area contributed by atoms with Crippen molar-refractivity contribution in [1.29, 1.82) is 0 Å². The molecule has 6 nitrogen and oxygen atoms in total. The van der Waals surface area contributed by atoms with Crippen molar-refractivity contribution < 1.29 is 31.1 Å². The highest BCUT2D eigenvalue weighted by Gasteiger charge is 2.34. The number of alkyl halides is 3. The van der Waals surface area contributed by atoms with Gasteiger partial charge < -0.3 is 10.1 Å². The second kappa shape index (κ2) is 9.58. The van der Waals surface area contributed by atoms with Gasteiger partial charge in [-0.05, 0) is 49.6 Å². The number of amides is 1. The molecule has 0 radical (unpaired) electrons. The van der Waals surface area contributed by atoms with Crippen molar-refractivity contribution in [3.8, 4) is 5.75 Å². The largest absolute Gasteiger partial charge is 0.484 e. The Morgan fingerprint density at radius 2 is 1.94 bits per heavy atom. The van der Waals surface area contributed by atoms with E-state index in [1.807, 2.05) is 6.92 Å². The number of ether oxygens (including phenoxy) is 1. The van der Waals surface area contributed by atoms with Crippen LogP contribution in [0.5, 0.6) is 5.75 Å². The van der Waals surface area contributed by atoms with Gasteiger partial charge in [0.1, 0.15) is 9.96 Å². The topological polar surface area (TPSA) is 75.7 Å². The average molecular weight is 477 g/mol. The molecule has 1 aromatic carbocycles. The molecule has 2 heterocycles. The summed E-state index contributed by atoms with van der Waals surface area (Å²) >= 11 is 1.21. The van der Waals surface area contributed by atoms with Crippen LogP contribution in [0.15, 0.2) is 40.6 Å². The van der Waals surface area contributed by atoms with Crippen LogP contribution in [-0.2, 0) is 21.4 Å². The van der Waals surface area contributed by atoms with Gasteiger partial charge in [-0.25, -0.2) is 8.42 Å². The predicted octanol–water partition coefficient (Wildman–Crippen LogP) is 3.71. The lowest BCUT2D eigenvalue weighted by Crippen LogP contribution is -2.45. The normalized spacial score (nSPS) is 18.0. The molecule has 0 spiro atoms. The zero-order valence-electron chi connectivity index (χ0n) is 16.8. The Hall–Kier alpha value is -2.11. The summed E-state index contributed by atoms with van der Waals surface area (Å²) in [7, 11) is -3.62. The molecule has 1 atom stereocenters. The van der Waals surface area contributed by atoms with E-state index in [2.05, 4.69) is 10.1 Å². The lowest BCUT2D eigenvalue weighted by atomic mass is 9.99. The van der Waals surface area contributed by atoms with E-state index in [0.29, 0.717) is 24.9 Å². The van der Waals surface area contributed by atoms with Gasteiger partial charge in [0.15, 0.2) is 6.61 Å². The van der Waals surface area contributed by atoms with Crippen LogP contribution in [0, 0.1) is 12.8 Å². The maximum absolute atomic E-state index is 12.8. The van der Waals surface area contributed by atoms with E-state index in [0.717, 1.165) is 4.88 Å². The van der Waals surface area contributed by atoms with E-state index in [-0.39, 0.29) is 29.0 Å². The molecule has 1 aromatic heterocycles. The smallest absolute Gasteiger partial charge is 0.422 e. The molecule has 0 unspecified atom stereocenters. The van der Waals surface area contributed by atoms with Crippen LogP contribution in [-0.4, -0.2) is 44.5 Å². The Kier molecular flexibility index (Phi) is 7.28. The van der Waals surface area contributed by atoms with Gasteiger partial charge in [-0.15, -0.1) is 11.3 Å². The fourth-order valence-electron chi connectivity index (χ4n) is 3.25. The van der Waals surface area contributed by atoms with Crippen molar-refractivity contribution >= 4 is 27.3 Å². The zero-order valence-corrected chi connectivity index (χ0v) is 18.4. The van der Waals surface area contributed by atoms with Crippen molar-refractivity contribution in [2.75, 3.05) is 19.7 Å². The Balaban J connectivity index is 1.53. The van der Waals surface area contributed by atoms with E-state index < -0.39 is 28.7 Å². The minimum atomic E-state index is -4.41. The lowest BCUT2D eigenvalue weighted by molar-refractivity contribution is -0.153. The van der Waals surface area contributed by atoms with E-state index >= 15 is 0 Å². The number of nitrogens with one attached hydrogen (secondary N) is 1. The molecule has 0 saturated carbocycles. The first-order valence-electron chi connectivity index (χ1n) is 9.67. The third-order valence-electron chi connectivity index (χ3n) is 4.86. The van der Waals surface area contributed by atoms with Gasteiger partial charge >= 0.3 is 6.18 Å². The van der Waals surface area contributed by atoms with Crippen LogP contribution in [0.4, 0.5) is 13.2 Å². The number of aryl methyl sites for hydroxylation is 1. The van der Waals surface area contributed by atoms with Gasteiger partial charge in [-0.1, -0.05) is 12.1 Å². The van der Waals surface area contributed by atoms with E-state index in [4.69, 9.17) is 0 Å². The third kappa shape index (κ3) is 6.44. The summed E-state index contributed by atoms with van der Waals surface area (Å²) in [5.74, 6) is -0.622. The number of nitrogens with zero attached hydrogens (tertiary/aromatic N) is 1. The summed E-state index contributed by atoms with van der Waals surface area (Å²) < 4.78 is 68.5. The van der Waals surface area contributed by atoms with Crippen LogP contribution in [0.25, 0.3) is 0 Å². The maximum atomic E-state index is 12.8. The van der Waals surface area contributed by atoms with Crippen LogP contribution < -0.4 is 10.1 Å². The van der Waals surface area contributed by atoms with Crippen LogP contribution >= 0.6 is 11.3 Å². The first-order chi connectivity index (χ1) is 14.5. The predicted molar refractivity (Wildman–Crippen MR) is 110 cm³/mol. The summed E-state index contributed by atoms with van der Waals surface area (Å²) in [4.78, 5) is 13.5. The number of halogens is 3. The first-order valence-corrected chi connectivity index (χ1v) is 11.9. The molecule has 1 aliphatic heterocycles. The second-order valence-corrected chi connectivity index (χ2v) is 10.8. The molecule has 0 bridgehead atoms. The number of carbonyl (C=O) groups excluding carboxylic acids is 1. The number of benzene rings is 1. The standard InChI is InChI=1S/C20H23F3N2O4S2/c1-14-4-9-18(30-14)31(27,28)25-10-2-3-16(12-25)19(26)24-11-15-5-7-17(8-6-15)29-13-20(21,22)23/h4-9,16H,2-3,10-13H2,1H3,(H,24,26)/t16-/m1/s1. The van der Waals surface area contributed by atoms with Crippen LogP contribution in [0.2, 0.25) is 0 Å². The summed E-state index contributed by atoms with van der Waals surface area (Å²) in [5.41, 5.74) is 0.696. The van der Waals surface area contributed by atoms with Gasteiger partial charge in [-0.3, -0.25) is 4.79 Å². The Morgan fingerprint density at radius 1 is 1.23 bits per heavy atom. The summed E-state index contributed by atoms with van der Waals surface area (Å²) in [6, 6.07) is 9.30. The van der Waals surface area contributed by atoms with E-state index in [1.165, 1.54) is 27.8 Å². The van der Waals surface area contributed by atoms with Gasteiger partial charge in [0.05, 0.1) is 5.92 Å². The summed E-state index contributed by atoms with van der Waals surface area (Å²) in [6.45, 7) is 1.16. The van der Waals surface area contributed by atoms with Gasteiger partial charge in [0, 0.05) is 24.5 Å². The Bertz CT molecular complexity index is 1000. The minimum Gasteiger partial charge on any atom is -0.484 e. The molecular formula is C20H23F3N2O4S2. The SMILES string of the molecule is Cc1ccc(S(=O)(=O)N2CCC[C@@H](C(=O)NCc3ccc(OCC(F)(F)F)cc3)C2)s1. The lowest BCUT2D eigenvalue weighted by Gasteiger charge is -2.30. The molecular weight excluding hydrogens is 453 g/mol. The van der Waals surface area contributed by atoms with Crippen LogP contribution in [0.1, 0.15) is 23.3 Å². The van der Waals surface area contributed by atoms with Crippen molar-refractivity contribution in [2.24, 2.45) is 5.92 Å². The maximum Gasteiger partial charge on any atom is 0.422 e. The number of thiophene rings is 1. The summed E-state index contributed by atoms with van der Waals surface area (Å²) in [6.07, 6.45) is -3.23. The highest BCUT2D eigenvalue weighted by molar-refractivity contribution is 7.91. The minimum absolute atomic E-state index is 0.0874. The van der Waals surface area contributed by atoms with Gasteiger partial charge in [-0.2, -0.15) is 17.5 Å².